The first kappa shape index (κ1) is 13.8. The van der Waals surface area contributed by atoms with Gasteiger partial charge in [-0.1, -0.05) is 11.6 Å². The molecule has 1 amide bonds. The Kier molecular flexibility index (Phi) is 5.03. The minimum absolute atomic E-state index is 0.161. The average molecular weight is 287 g/mol. The van der Waals surface area contributed by atoms with E-state index in [1.54, 1.807) is 11.3 Å². The number of hydrogen-bond donors (Lipinski definition) is 1. The Morgan fingerprint density at radius 1 is 1.50 bits per heavy atom. The largest absolute Gasteiger partial charge is 0.353 e. The quantitative estimate of drug-likeness (QED) is 0.923. The number of halogens is 1. The summed E-state index contributed by atoms with van der Waals surface area (Å²) in [6.07, 6.45) is 3.47. The van der Waals surface area contributed by atoms with Crippen molar-refractivity contribution in [3.63, 3.8) is 0 Å². The Morgan fingerprint density at radius 2 is 2.22 bits per heavy atom. The molecule has 18 heavy (non-hydrogen) atoms. The Labute approximate surface area is 117 Å². The van der Waals surface area contributed by atoms with Crippen molar-refractivity contribution >= 4 is 28.8 Å². The van der Waals surface area contributed by atoms with Gasteiger partial charge < -0.3 is 10.2 Å². The van der Waals surface area contributed by atoms with E-state index in [2.05, 4.69) is 17.3 Å². The van der Waals surface area contributed by atoms with E-state index in [0.29, 0.717) is 12.5 Å². The number of thiophene rings is 1. The van der Waals surface area contributed by atoms with Crippen molar-refractivity contribution in [1.29, 1.82) is 0 Å². The molecule has 0 spiro atoms. The highest BCUT2D eigenvalue weighted by Gasteiger charge is 2.18. The van der Waals surface area contributed by atoms with Gasteiger partial charge in [-0.05, 0) is 51.5 Å². The molecule has 0 aliphatic carbocycles. The molecule has 1 N–H and O–H groups in total. The number of amides is 1. The van der Waals surface area contributed by atoms with Crippen LogP contribution in [-0.4, -0.2) is 37.0 Å². The maximum absolute atomic E-state index is 11.8. The zero-order valence-corrected chi connectivity index (χ0v) is 12.2. The number of nitrogens with zero attached hydrogens (tertiary/aromatic N) is 1. The monoisotopic (exact) mass is 286 g/mol. The number of nitrogens with one attached hydrogen (secondary N) is 1. The first-order valence-electron chi connectivity index (χ1n) is 6.35. The molecule has 1 aromatic heterocycles. The maximum Gasteiger partial charge on any atom is 0.220 e. The van der Waals surface area contributed by atoms with Gasteiger partial charge in [-0.3, -0.25) is 4.79 Å². The molecule has 2 heterocycles. The van der Waals surface area contributed by atoms with Gasteiger partial charge in [-0.15, -0.1) is 11.3 Å². The number of aryl methyl sites for hydroxylation is 1. The number of piperidine rings is 1. The lowest BCUT2D eigenvalue weighted by atomic mass is 10.1. The Bertz CT molecular complexity index is 399. The van der Waals surface area contributed by atoms with E-state index in [0.717, 1.165) is 36.7 Å². The molecule has 1 aromatic rings. The van der Waals surface area contributed by atoms with E-state index >= 15 is 0 Å². The van der Waals surface area contributed by atoms with Crippen molar-refractivity contribution in [1.82, 2.24) is 10.2 Å². The topological polar surface area (TPSA) is 32.3 Å². The predicted molar refractivity (Wildman–Crippen MR) is 76.3 cm³/mol. The van der Waals surface area contributed by atoms with E-state index in [1.165, 1.54) is 4.88 Å². The molecule has 1 aliphatic heterocycles. The van der Waals surface area contributed by atoms with Crippen LogP contribution in [0.4, 0.5) is 0 Å². The Hall–Kier alpha value is -0.580. The van der Waals surface area contributed by atoms with Crippen LogP contribution in [0, 0.1) is 0 Å². The highest BCUT2D eigenvalue weighted by Crippen LogP contribution is 2.22. The summed E-state index contributed by atoms with van der Waals surface area (Å²) in [7, 11) is 2.12. The molecule has 1 saturated heterocycles. The summed E-state index contributed by atoms with van der Waals surface area (Å²) in [5.41, 5.74) is 0. The van der Waals surface area contributed by atoms with Gasteiger partial charge in [0.05, 0.1) is 4.34 Å². The molecule has 0 saturated carbocycles. The first-order chi connectivity index (χ1) is 8.63. The Balaban J connectivity index is 1.69. The van der Waals surface area contributed by atoms with E-state index in [-0.39, 0.29) is 5.91 Å². The van der Waals surface area contributed by atoms with Crippen molar-refractivity contribution in [2.75, 3.05) is 20.1 Å². The van der Waals surface area contributed by atoms with Crippen LogP contribution >= 0.6 is 22.9 Å². The number of rotatable bonds is 4. The van der Waals surface area contributed by atoms with Gasteiger partial charge in [0.2, 0.25) is 5.91 Å². The fourth-order valence-electron chi connectivity index (χ4n) is 2.18. The number of likely N-dealkylation sites (tertiary alicyclic amines) is 1. The van der Waals surface area contributed by atoms with Crippen LogP contribution in [0.25, 0.3) is 0 Å². The molecule has 0 radical (unpaired) electrons. The van der Waals surface area contributed by atoms with Crippen LogP contribution < -0.4 is 5.32 Å². The third-order valence-corrected chi connectivity index (χ3v) is 4.60. The molecule has 1 aliphatic rings. The summed E-state index contributed by atoms with van der Waals surface area (Å²) in [6, 6.07) is 4.24. The SMILES string of the molecule is CN1CCC(NC(=O)CCc2ccc(Cl)s2)CC1. The summed E-state index contributed by atoms with van der Waals surface area (Å²) in [6.45, 7) is 2.15. The molecule has 2 rings (SSSR count). The van der Waals surface area contributed by atoms with Gasteiger partial charge in [0.15, 0.2) is 0 Å². The normalized spacial score (nSPS) is 17.9. The minimum atomic E-state index is 0.161. The Morgan fingerprint density at radius 3 is 2.83 bits per heavy atom. The van der Waals surface area contributed by atoms with Gasteiger partial charge in [-0.2, -0.15) is 0 Å². The summed E-state index contributed by atoms with van der Waals surface area (Å²) in [4.78, 5) is 15.3. The molecule has 0 aromatic carbocycles. The lowest BCUT2D eigenvalue weighted by molar-refractivity contribution is -0.122. The summed E-state index contributed by atoms with van der Waals surface area (Å²) < 4.78 is 0.792. The fourth-order valence-corrected chi connectivity index (χ4v) is 3.26. The van der Waals surface area contributed by atoms with Crippen molar-refractivity contribution in [3.8, 4) is 0 Å². The molecular weight excluding hydrogens is 268 g/mol. The molecule has 3 nitrogen and oxygen atoms in total. The van der Waals surface area contributed by atoms with Crippen LogP contribution in [-0.2, 0) is 11.2 Å². The van der Waals surface area contributed by atoms with Gasteiger partial charge in [-0.25, -0.2) is 0 Å². The molecular formula is C13H19ClN2OS. The standard InChI is InChI=1S/C13H19ClN2OS/c1-16-8-6-10(7-9-16)15-13(17)5-3-11-2-4-12(14)18-11/h2,4,10H,3,5-9H2,1H3,(H,15,17). The van der Waals surface area contributed by atoms with Gasteiger partial charge in [0.1, 0.15) is 0 Å². The van der Waals surface area contributed by atoms with Gasteiger partial charge in [0, 0.05) is 17.3 Å². The van der Waals surface area contributed by atoms with Crippen LogP contribution in [0.1, 0.15) is 24.1 Å². The molecule has 0 bridgehead atoms. The molecule has 0 unspecified atom stereocenters. The van der Waals surface area contributed by atoms with Crippen molar-refractivity contribution in [2.45, 2.75) is 31.7 Å². The van der Waals surface area contributed by atoms with E-state index in [4.69, 9.17) is 11.6 Å². The van der Waals surface area contributed by atoms with Crippen LogP contribution in [0.3, 0.4) is 0 Å². The van der Waals surface area contributed by atoms with E-state index < -0.39 is 0 Å². The third kappa shape index (κ3) is 4.26. The maximum atomic E-state index is 11.8. The number of carbonyl (C=O) groups is 1. The minimum Gasteiger partial charge on any atom is -0.353 e. The molecule has 5 heteroatoms. The van der Waals surface area contributed by atoms with Gasteiger partial charge in [0.25, 0.3) is 0 Å². The second-order valence-electron chi connectivity index (χ2n) is 4.85. The highest BCUT2D eigenvalue weighted by molar-refractivity contribution is 7.16. The van der Waals surface area contributed by atoms with E-state index in [9.17, 15) is 4.79 Å². The van der Waals surface area contributed by atoms with Crippen LogP contribution in [0.2, 0.25) is 4.34 Å². The third-order valence-electron chi connectivity index (χ3n) is 3.31. The lowest BCUT2D eigenvalue weighted by Crippen LogP contribution is -2.43. The highest BCUT2D eigenvalue weighted by atomic mass is 35.5. The van der Waals surface area contributed by atoms with Crippen molar-refractivity contribution < 1.29 is 4.79 Å². The average Bonchev–Trinajstić information content (AvgIpc) is 2.76. The second kappa shape index (κ2) is 6.55. The summed E-state index contributed by atoms with van der Waals surface area (Å²) in [5.74, 6) is 0.161. The van der Waals surface area contributed by atoms with Crippen LogP contribution in [0.5, 0.6) is 0 Å². The molecule has 1 fully saturated rings. The van der Waals surface area contributed by atoms with Crippen molar-refractivity contribution in [2.24, 2.45) is 0 Å². The molecule has 0 atom stereocenters. The smallest absolute Gasteiger partial charge is 0.220 e. The fraction of sp³-hybridized carbons (Fsp3) is 0.615. The predicted octanol–water partition coefficient (Wildman–Crippen LogP) is 2.54. The number of carbonyl (C=O) groups excluding carboxylic acids is 1. The summed E-state index contributed by atoms with van der Waals surface area (Å²) >= 11 is 7.41. The van der Waals surface area contributed by atoms with Crippen molar-refractivity contribution in [3.05, 3.63) is 21.3 Å². The second-order valence-corrected chi connectivity index (χ2v) is 6.65. The van der Waals surface area contributed by atoms with E-state index in [1.807, 2.05) is 12.1 Å². The zero-order chi connectivity index (χ0) is 13.0. The molecule has 100 valence electrons. The van der Waals surface area contributed by atoms with Crippen LogP contribution in [0.15, 0.2) is 12.1 Å². The summed E-state index contributed by atoms with van der Waals surface area (Å²) in [5, 5.41) is 3.12. The zero-order valence-electron chi connectivity index (χ0n) is 10.6. The van der Waals surface area contributed by atoms with Gasteiger partial charge >= 0.3 is 0 Å². The first-order valence-corrected chi connectivity index (χ1v) is 7.55. The number of hydrogen-bond acceptors (Lipinski definition) is 3. The lowest BCUT2D eigenvalue weighted by Gasteiger charge is -2.29.